The van der Waals surface area contributed by atoms with Gasteiger partial charge < -0.3 is 10.5 Å². The Bertz CT molecular complexity index is 572. The molecule has 6 nitrogen and oxygen atoms in total. The van der Waals surface area contributed by atoms with Gasteiger partial charge in [0, 0.05) is 6.04 Å². The van der Waals surface area contributed by atoms with Gasteiger partial charge in [0.15, 0.2) is 18.2 Å². The Balaban J connectivity index is 2.12. The molecule has 0 amide bonds. The maximum absolute atomic E-state index is 13.9. The smallest absolute Gasteiger partial charge is 0.212 e. The first kappa shape index (κ1) is 14.4. The first-order chi connectivity index (χ1) is 9.60. The van der Waals surface area contributed by atoms with Crippen molar-refractivity contribution in [3.8, 4) is 5.75 Å². The van der Waals surface area contributed by atoms with Gasteiger partial charge in [0.1, 0.15) is 0 Å². The van der Waals surface area contributed by atoms with Gasteiger partial charge in [0.05, 0.1) is 7.05 Å². The summed E-state index contributed by atoms with van der Waals surface area (Å²) in [5.74, 6) is 0.208. The monoisotopic (exact) mass is 279 g/mol. The summed E-state index contributed by atoms with van der Waals surface area (Å²) in [6, 6.07) is 4.81. The second-order valence-corrected chi connectivity index (χ2v) is 4.58. The summed E-state index contributed by atoms with van der Waals surface area (Å²) in [4.78, 5) is 1.33. The zero-order valence-corrected chi connectivity index (χ0v) is 11.6. The molecule has 1 heterocycles. The van der Waals surface area contributed by atoms with Crippen molar-refractivity contribution < 1.29 is 9.13 Å². The van der Waals surface area contributed by atoms with Crippen LogP contribution in [0.1, 0.15) is 24.7 Å². The molecule has 0 fully saturated rings. The summed E-state index contributed by atoms with van der Waals surface area (Å²) in [7, 11) is 1.66. The molecule has 0 radical (unpaired) electrons. The number of nitrogens with zero attached hydrogens (tertiary/aromatic N) is 4. The van der Waals surface area contributed by atoms with Crippen LogP contribution in [0.5, 0.6) is 5.75 Å². The molecule has 0 bridgehead atoms. The second kappa shape index (κ2) is 6.42. The number of hydrogen-bond donors (Lipinski definition) is 1. The molecule has 1 unspecified atom stereocenters. The van der Waals surface area contributed by atoms with E-state index in [-0.39, 0.29) is 18.4 Å². The van der Waals surface area contributed by atoms with Crippen molar-refractivity contribution >= 4 is 0 Å². The number of halogens is 1. The lowest BCUT2D eigenvalue weighted by atomic mass is 10.0. The number of ether oxygens (including phenoxy) is 1. The molecule has 7 heteroatoms. The highest BCUT2D eigenvalue weighted by atomic mass is 19.1. The number of hydrogen-bond acceptors (Lipinski definition) is 5. The van der Waals surface area contributed by atoms with Crippen LogP contribution in [-0.4, -0.2) is 26.2 Å². The van der Waals surface area contributed by atoms with Crippen molar-refractivity contribution in [1.82, 2.24) is 20.2 Å². The van der Waals surface area contributed by atoms with E-state index in [1.54, 1.807) is 13.1 Å². The summed E-state index contributed by atoms with van der Waals surface area (Å²) >= 11 is 0. The Morgan fingerprint density at radius 3 is 2.90 bits per heavy atom. The van der Waals surface area contributed by atoms with Crippen molar-refractivity contribution in [3.63, 3.8) is 0 Å². The lowest BCUT2D eigenvalue weighted by molar-refractivity contribution is 0.276. The van der Waals surface area contributed by atoms with Gasteiger partial charge in [0.25, 0.3) is 0 Å². The average Bonchev–Trinajstić information content (AvgIpc) is 2.83. The first-order valence-corrected chi connectivity index (χ1v) is 6.48. The van der Waals surface area contributed by atoms with E-state index >= 15 is 0 Å². The van der Waals surface area contributed by atoms with Gasteiger partial charge in [-0.05, 0) is 29.7 Å². The summed E-state index contributed by atoms with van der Waals surface area (Å²) in [6.07, 6.45) is 1.39. The quantitative estimate of drug-likeness (QED) is 0.859. The minimum absolute atomic E-state index is 0.0196. The van der Waals surface area contributed by atoms with E-state index in [1.807, 2.05) is 13.0 Å². The van der Waals surface area contributed by atoms with E-state index in [0.29, 0.717) is 12.2 Å². The fourth-order valence-corrected chi connectivity index (χ4v) is 1.82. The predicted molar refractivity (Wildman–Crippen MR) is 71.5 cm³/mol. The lowest BCUT2D eigenvalue weighted by Gasteiger charge is -2.14. The maximum Gasteiger partial charge on any atom is 0.212 e. The Kier molecular flexibility index (Phi) is 4.62. The molecule has 1 atom stereocenters. The minimum Gasteiger partial charge on any atom is -0.482 e. The molecule has 1 aromatic carbocycles. The van der Waals surface area contributed by atoms with E-state index in [1.165, 1.54) is 10.9 Å². The maximum atomic E-state index is 13.9. The Morgan fingerprint density at radius 2 is 2.25 bits per heavy atom. The molecule has 0 aliphatic rings. The molecular formula is C13H18FN5O. The van der Waals surface area contributed by atoms with Gasteiger partial charge in [-0.1, -0.05) is 19.1 Å². The summed E-state index contributed by atoms with van der Waals surface area (Å²) in [6.45, 7) is 2.07. The van der Waals surface area contributed by atoms with Gasteiger partial charge in [0.2, 0.25) is 5.82 Å². The van der Waals surface area contributed by atoms with E-state index in [2.05, 4.69) is 15.4 Å². The summed E-state index contributed by atoms with van der Waals surface area (Å²) < 4.78 is 19.4. The number of benzene rings is 1. The topological polar surface area (TPSA) is 78.9 Å². The molecule has 0 saturated carbocycles. The third-order valence-electron chi connectivity index (χ3n) is 2.95. The Hall–Kier alpha value is -2.02. The zero-order valence-electron chi connectivity index (χ0n) is 11.6. The number of rotatable bonds is 6. The van der Waals surface area contributed by atoms with Crippen LogP contribution in [0.4, 0.5) is 4.39 Å². The molecule has 1 aromatic heterocycles. The third kappa shape index (κ3) is 3.51. The van der Waals surface area contributed by atoms with Gasteiger partial charge in [-0.2, -0.15) is 4.80 Å². The van der Waals surface area contributed by atoms with E-state index in [9.17, 15) is 4.39 Å². The van der Waals surface area contributed by atoms with Crippen LogP contribution in [0.2, 0.25) is 0 Å². The molecule has 2 N–H and O–H groups in total. The molecule has 0 aliphatic carbocycles. The molecule has 0 aliphatic heterocycles. The van der Waals surface area contributed by atoms with E-state index in [4.69, 9.17) is 10.5 Å². The molecule has 0 saturated heterocycles. The largest absolute Gasteiger partial charge is 0.482 e. The first-order valence-electron chi connectivity index (χ1n) is 6.48. The third-order valence-corrected chi connectivity index (χ3v) is 2.95. The number of aryl methyl sites for hydroxylation is 1. The highest BCUT2D eigenvalue weighted by Gasteiger charge is 2.13. The van der Waals surface area contributed by atoms with Crippen molar-refractivity contribution in [1.29, 1.82) is 0 Å². The van der Waals surface area contributed by atoms with Gasteiger partial charge >= 0.3 is 0 Å². The van der Waals surface area contributed by atoms with Gasteiger partial charge in [-0.3, -0.25) is 0 Å². The highest BCUT2D eigenvalue weighted by Crippen LogP contribution is 2.24. The highest BCUT2D eigenvalue weighted by molar-refractivity contribution is 5.35. The normalized spacial score (nSPS) is 12.4. The molecule has 0 spiro atoms. The van der Waals surface area contributed by atoms with Gasteiger partial charge in [-0.15, -0.1) is 10.2 Å². The molecule has 2 rings (SSSR count). The van der Waals surface area contributed by atoms with E-state index in [0.717, 1.165) is 12.0 Å². The summed E-state index contributed by atoms with van der Waals surface area (Å²) in [5, 5.41) is 11.5. The van der Waals surface area contributed by atoms with Gasteiger partial charge in [-0.25, -0.2) is 4.39 Å². The predicted octanol–water partition coefficient (Wildman–Crippen LogP) is 1.21. The van der Waals surface area contributed by atoms with Crippen LogP contribution in [-0.2, 0) is 20.1 Å². The Morgan fingerprint density at radius 1 is 1.45 bits per heavy atom. The number of tetrazole rings is 1. The van der Waals surface area contributed by atoms with Crippen LogP contribution < -0.4 is 10.5 Å². The van der Waals surface area contributed by atoms with Crippen LogP contribution in [0, 0.1) is 5.82 Å². The fraction of sp³-hybridized carbons (Fsp3) is 0.462. The van der Waals surface area contributed by atoms with Crippen molar-refractivity contribution in [2.75, 3.05) is 0 Å². The standard InChI is InChI=1S/C13H18FN5O/c1-3-10(15)7-9-5-4-6-11(14)13(9)20-8-12-16-18-19(2)17-12/h4-6,10H,3,7-8,15H2,1-2H3. The SMILES string of the molecule is CCC(N)Cc1cccc(F)c1OCc1nnn(C)n1. The molecule has 108 valence electrons. The number of aromatic nitrogens is 4. The minimum atomic E-state index is -0.408. The molecule has 2 aromatic rings. The average molecular weight is 279 g/mol. The van der Waals surface area contributed by atoms with Crippen LogP contribution in [0.25, 0.3) is 0 Å². The van der Waals surface area contributed by atoms with E-state index < -0.39 is 5.82 Å². The molecule has 20 heavy (non-hydrogen) atoms. The second-order valence-electron chi connectivity index (χ2n) is 4.58. The number of nitrogens with two attached hydrogens (primary N) is 1. The zero-order chi connectivity index (χ0) is 14.5. The molecular weight excluding hydrogens is 261 g/mol. The lowest BCUT2D eigenvalue weighted by Crippen LogP contribution is -2.22. The summed E-state index contributed by atoms with van der Waals surface area (Å²) in [5.41, 5.74) is 6.67. The fourth-order valence-electron chi connectivity index (χ4n) is 1.82. The van der Waals surface area contributed by atoms with Crippen LogP contribution >= 0.6 is 0 Å². The van der Waals surface area contributed by atoms with Crippen LogP contribution in [0.15, 0.2) is 18.2 Å². The van der Waals surface area contributed by atoms with Crippen molar-refractivity contribution in [2.45, 2.75) is 32.4 Å². The van der Waals surface area contributed by atoms with Crippen molar-refractivity contribution in [3.05, 3.63) is 35.4 Å². The van der Waals surface area contributed by atoms with Crippen LogP contribution in [0.3, 0.4) is 0 Å². The Labute approximate surface area is 116 Å². The van der Waals surface area contributed by atoms with Crippen molar-refractivity contribution in [2.24, 2.45) is 12.8 Å². The number of para-hydroxylation sites is 1.